The Balaban J connectivity index is 2.66. The second-order valence-electron chi connectivity index (χ2n) is 4.69. The fraction of sp³-hybridized carbons (Fsp3) is 0.500. The standard InChI is InChI=1S/C12H18N4O8/c13-6(10(19)20)3-9(18)14-8-1-2-16(12(23)15-8)5-24-7(4-17)11(21)22/h1-2,6-7,11,17,21-22H,3-5,13H2,(H,19,20)(H,14,15,18,23). The number of hydrogen-bond acceptors (Lipinski definition) is 9. The number of nitrogens with one attached hydrogen (secondary N) is 1. The summed E-state index contributed by atoms with van der Waals surface area (Å²) in [6.45, 7) is -1.08. The van der Waals surface area contributed by atoms with Crippen LogP contribution in [0.3, 0.4) is 0 Å². The molecule has 0 aliphatic heterocycles. The van der Waals surface area contributed by atoms with Crippen molar-refractivity contribution in [3.05, 3.63) is 22.7 Å². The third kappa shape index (κ3) is 6.02. The first-order chi connectivity index (χ1) is 11.2. The van der Waals surface area contributed by atoms with E-state index in [1.807, 2.05) is 0 Å². The number of ether oxygens (including phenoxy) is 1. The van der Waals surface area contributed by atoms with Crippen molar-refractivity contribution < 1.29 is 34.8 Å². The number of rotatable bonds is 9. The number of aliphatic hydroxyl groups excluding tert-OH is 2. The number of carboxylic acid groups (broad SMARTS) is 1. The fourth-order valence-corrected chi connectivity index (χ4v) is 1.49. The van der Waals surface area contributed by atoms with E-state index in [0.29, 0.717) is 0 Å². The molecule has 1 aromatic rings. The summed E-state index contributed by atoms with van der Waals surface area (Å²) in [7, 11) is 0. The van der Waals surface area contributed by atoms with E-state index in [1.165, 1.54) is 12.3 Å². The van der Waals surface area contributed by atoms with Gasteiger partial charge in [0.1, 0.15) is 24.7 Å². The van der Waals surface area contributed by atoms with E-state index >= 15 is 0 Å². The second-order valence-corrected chi connectivity index (χ2v) is 4.69. The Labute approximate surface area is 135 Å². The zero-order valence-electron chi connectivity index (χ0n) is 12.4. The van der Waals surface area contributed by atoms with Gasteiger partial charge in [0, 0.05) is 6.20 Å². The van der Waals surface area contributed by atoms with Gasteiger partial charge >= 0.3 is 11.7 Å². The van der Waals surface area contributed by atoms with Gasteiger partial charge in [-0.2, -0.15) is 4.98 Å². The summed E-state index contributed by atoms with van der Waals surface area (Å²) >= 11 is 0. The second kappa shape index (κ2) is 9.05. The van der Waals surface area contributed by atoms with Crippen LogP contribution >= 0.6 is 0 Å². The molecule has 1 heterocycles. The number of anilines is 1. The molecule has 0 radical (unpaired) electrons. The molecule has 1 aromatic heterocycles. The summed E-state index contributed by atoms with van der Waals surface area (Å²) in [6, 6.07) is -0.128. The molecule has 1 amide bonds. The number of aliphatic carboxylic acids is 1. The summed E-state index contributed by atoms with van der Waals surface area (Å²) in [4.78, 5) is 37.4. The third-order valence-electron chi connectivity index (χ3n) is 2.80. The van der Waals surface area contributed by atoms with Crippen LogP contribution in [0.2, 0.25) is 0 Å². The number of hydrogen-bond donors (Lipinski definition) is 6. The maximum absolute atomic E-state index is 11.7. The molecule has 12 nitrogen and oxygen atoms in total. The Morgan fingerprint density at radius 1 is 1.42 bits per heavy atom. The van der Waals surface area contributed by atoms with Crippen molar-refractivity contribution in [1.82, 2.24) is 9.55 Å². The lowest BCUT2D eigenvalue weighted by Gasteiger charge is -2.17. The Bertz CT molecular complexity index is 632. The Kier molecular flexibility index (Phi) is 7.41. The molecule has 0 spiro atoms. The van der Waals surface area contributed by atoms with E-state index in [0.717, 1.165) is 4.57 Å². The van der Waals surface area contributed by atoms with Crippen molar-refractivity contribution in [2.45, 2.75) is 31.6 Å². The van der Waals surface area contributed by atoms with E-state index in [9.17, 15) is 14.4 Å². The van der Waals surface area contributed by atoms with Crippen molar-refractivity contribution in [3.63, 3.8) is 0 Å². The topological polar surface area (TPSA) is 197 Å². The minimum atomic E-state index is -1.92. The zero-order valence-corrected chi connectivity index (χ0v) is 12.4. The summed E-state index contributed by atoms with van der Waals surface area (Å²) in [5.41, 5.74) is 4.39. The summed E-state index contributed by atoms with van der Waals surface area (Å²) in [5, 5.41) is 37.4. The monoisotopic (exact) mass is 346 g/mol. The van der Waals surface area contributed by atoms with Crippen molar-refractivity contribution in [2.75, 3.05) is 11.9 Å². The van der Waals surface area contributed by atoms with Gasteiger partial charge in [0.15, 0.2) is 6.29 Å². The van der Waals surface area contributed by atoms with E-state index in [4.69, 9.17) is 30.9 Å². The summed E-state index contributed by atoms with van der Waals surface area (Å²) in [6.07, 6.45) is -2.50. The molecule has 0 saturated heterocycles. The van der Waals surface area contributed by atoms with Crippen LogP contribution in [-0.4, -0.2) is 66.9 Å². The van der Waals surface area contributed by atoms with E-state index in [1.54, 1.807) is 0 Å². The number of aliphatic hydroxyl groups is 3. The Hall–Kier alpha value is -2.38. The molecular weight excluding hydrogens is 328 g/mol. The number of carbonyl (C=O) groups is 2. The van der Waals surface area contributed by atoms with Crippen LogP contribution in [0.5, 0.6) is 0 Å². The molecule has 2 atom stereocenters. The summed E-state index contributed by atoms with van der Waals surface area (Å²) < 4.78 is 5.87. The first-order valence-corrected chi connectivity index (χ1v) is 6.69. The maximum atomic E-state index is 11.7. The van der Waals surface area contributed by atoms with Gasteiger partial charge in [-0.1, -0.05) is 0 Å². The van der Waals surface area contributed by atoms with E-state index in [-0.39, 0.29) is 5.82 Å². The molecule has 0 saturated carbocycles. The van der Waals surface area contributed by atoms with Crippen molar-refractivity contribution >= 4 is 17.7 Å². The van der Waals surface area contributed by atoms with Crippen molar-refractivity contribution in [2.24, 2.45) is 5.73 Å². The fourth-order valence-electron chi connectivity index (χ4n) is 1.49. The van der Waals surface area contributed by atoms with Gasteiger partial charge in [0.2, 0.25) is 5.91 Å². The quantitative estimate of drug-likeness (QED) is 0.245. The maximum Gasteiger partial charge on any atom is 0.351 e. The van der Waals surface area contributed by atoms with Crippen LogP contribution in [0.4, 0.5) is 5.82 Å². The van der Waals surface area contributed by atoms with Crippen LogP contribution in [0.1, 0.15) is 6.42 Å². The molecule has 1 rings (SSSR count). The highest BCUT2D eigenvalue weighted by Crippen LogP contribution is 2.02. The molecule has 2 unspecified atom stereocenters. The van der Waals surface area contributed by atoms with Gasteiger partial charge in [0.05, 0.1) is 13.0 Å². The molecule has 0 aliphatic rings. The highest BCUT2D eigenvalue weighted by atomic mass is 16.6. The zero-order chi connectivity index (χ0) is 18.3. The first kappa shape index (κ1) is 19.7. The molecule has 24 heavy (non-hydrogen) atoms. The first-order valence-electron chi connectivity index (χ1n) is 6.69. The molecule has 0 bridgehead atoms. The van der Waals surface area contributed by atoms with Crippen LogP contribution in [0, 0.1) is 0 Å². The van der Waals surface area contributed by atoms with Crippen LogP contribution < -0.4 is 16.7 Å². The van der Waals surface area contributed by atoms with E-state index < -0.39 is 55.8 Å². The minimum Gasteiger partial charge on any atom is -0.480 e. The highest BCUT2D eigenvalue weighted by molar-refractivity contribution is 5.93. The predicted octanol–water partition coefficient (Wildman–Crippen LogP) is -3.37. The molecule has 12 heteroatoms. The predicted molar refractivity (Wildman–Crippen MR) is 77.5 cm³/mol. The molecular formula is C12H18N4O8. The minimum absolute atomic E-state index is 0.111. The van der Waals surface area contributed by atoms with Crippen LogP contribution in [-0.2, 0) is 21.1 Å². The lowest BCUT2D eigenvalue weighted by molar-refractivity contribution is -0.171. The van der Waals surface area contributed by atoms with Crippen LogP contribution in [0.15, 0.2) is 17.1 Å². The molecule has 0 aliphatic carbocycles. The normalized spacial score (nSPS) is 13.5. The SMILES string of the molecule is NC(CC(=O)Nc1ccn(COC(CO)C(O)O)c(=O)n1)C(=O)O. The van der Waals surface area contributed by atoms with Crippen molar-refractivity contribution in [3.8, 4) is 0 Å². The highest BCUT2D eigenvalue weighted by Gasteiger charge is 2.18. The lowest BCUT2D eigenvalue weighted by Crippen LogP contribution is -2.35. The molecule has 0 fully saturated rings. The van der Waals surface area contributed by atoms with Gasteiger partial charge in [-0.05, 0) is 6.07 Å². The van der Waals surface area contributed by atoms with Crippen LogP contribution in [0.25, 0.3) is 0 Å². The molecule has 0 aromatic carbocycles. The number of carboxylic acids is 1. The average Bonchev–Trinajstić information content (AvgIpc) is 2.49. The van der Waals surface area contributed by atoms with Gasteiger partial charge in [-0.25, -0.2) is 4.79 Å². The van der Waals surface area contributed by atoms with Crippen molar-refractivity contribution in [1.29, 1.82) is 0 Å². The number of nitrogens with zero attached hydrogens (tertiary/aromatic N) is 2. The third-order valence-corrected chi connectivity index (χ3v) is 2.80. The van der Waals surface area contributed by atoms with Gasteiger partial charge in [0.25, 0.3) is 0 Å². The smallest absolute Gasteiger partial charge is 0.351 e. The van der Waals surface area contributed by atoms with E-state index in [2.05, 4.69) is 10.3 Å². The summed E-state index contributed by atoms with van der Waals surface area (Å²) in [5.74, 6) is -2.18. The Morgan fingerprint density at radius 3 is 2.58 bits per heavy atom. The number of nitrogens with two attached hydrogens (primary N) is 1. The number of aromatic nitrogens is 2. The average molecular weight is 346 g/mol. The number of carbonyl (C=O) groups excluding carboxylic acids is 1. The Morgan fingerprint density at radius 2 is 2.08 bits per heavy atom. The van der Waals surface area contributed by atoms with Gasteiger partial charge < -0.3 is 36.2 Å². The van der Waals surface area contributed by atoms with Gasteiger partial charge in [-0.3, -0.25) is 14.2 Å². The largest absolute Gasteiger partial charge is 0.480 e. The molecule has 7 N–H and O–H groups in total. The lowest BCUT2D eigenvalue weighted by atomic mass is 10.2. The van der Waals surface area contributed by atoms with Gasteiger partial charge in [-0.15, -0.1) is 0 Å². The molecule has 134 valence electrons. The number of amides is 1.